The molecule has 3 aromatic rings. The van der Waals surface area contributed by atoms with Crippen LogP contribution in [0.25, 0.3) is 11.1 Å². The minimum absolute atomic E-state index is 0. The zero-order valence-corrected chi connectivity index (χ0v) is 34.5. The molecule has 48 heavy (non-hydrogen) atoms. The normalized spacial score (nSPS) is 17.4. The standard InChI is InChI=1S/C21H25.C13H21.C7H4F3.CH2.2ClH.Zr/c1-20(2,3)16-7-9-18-14(12-16)11-15-13-17(21(4,5)6)8-10-19(15)18;1-6-10-8-11(7-2)12(9-10)13(3,4)5;8-7(9,10)6-4-2-1-3-5-6;;;;/h7-13H,1-6H3;9-10H,6-7H2,1-5H3;2-5H;1H2;2*1H;/q;;;;;;+2/p-2. The maximum atomic E-state index is 13.9. The van der Waals surface area contributed by atoms with Gasteiger partial charge >= 0.3 is 282 Å². The fourth-order valence-electron chi connectivity index (χ4n) is 7.92. The number of halogens is 5. The van der Waals surface area contributed by atoms with E-state index in [1.807, 2.05) is 0 Å². The van der Waals surface area contributed by atoms with Gasteiger partial charge in [0.25, 0.3) is 0 Å². The Labute approximate surface area is 304 Å². The van der Waals surface area contributed by atoms with E-state index in [1.54, 1.807) is 12.1 Å². The van der Waals surface area contributed by atoms with Crippen molar-refractivity contribution in [3.63, 3.8) is 0 Å². The van der Waals surface area contributed by atoms with Crippen LogP contribution in [0.4, 0.5) is 13.2 Å². The van der Waals surface area contributed by atoms with Gasteiger partial charge in [-0.2, -0.15) is 0 Å². The Balaban J connectivity index is 0.00000312. The fourth-order valence-corrected chi connectivity index (χ4v) is 20.3. The Morgan fingerprint density at radius 2 is 1.08 bits per heavy atom. The van der Waals surface area contributed by atoms with Gasteiger partial charge in [0.05, 0.1) is 0 Å². The van der Waals surface area contributed by atoms with E-state index in [4.69, 9.17) is 4.21 Å². The minimum Gasteiger partial charge on any atom is -1.00 e. The molecule has 0 fully saturated rings. The Bertz CT molecular complexity index is 1710. The van der Waals surface area contributed by atoms with Gasteiger partial charge in [-0.3, -0.25) is 0 Å². The molecule has 0 radical (unpaired) electrons. The molecule has 2 aliphatic carbocycles. The smallest absolute Gasteiger partial charge is 1.00 e. The first-order chi connectivity index (χ1) is 21.1. The summed E-state index contributed by atoms with van der Waals surface area (Å²) in [5.41, 5.74) is 9.71. The zero-order valence-electron chi connectivity index (χ0n) is 30.5. The molecule has 2 unspecified atom stereocenters. The number of alkyl halides is 3. The van der Waals surface area contributed by atoms with Crippen molar-refractivity contribution in [3.05, 3.63) is 109 Å². The summed E-state index contributed by atoms with van der Waals surface area (Å²) in [6, 6.07) is 20.2. The van der Waals surface area contributed by atoms with Crippen molar-refractivity contribution >= 4 is 7.48 Å². The maximum absolute atomic E-state index is 13.9. The average molecular weight is 776 g/mol. The van der Waals surface area contributed by atoms with Crippen LogP contribution in [0, 0.1) is 11.3 Å². The van der Waals surface area contributed by atoms with Crippen LogP contribution in [0.1, 0.15) is 120 Å². The van der Waals surface area contributed by atoms with Gasteiger partial charge in [-0.05, 0) is 0 Å². The number of hydrogen-bond acceptors (Lipinski definition) is 0. The molecule has 0 aromatic heterocycles. The largest absolute Gasteiger partial charge is 1.00 e. The second-order valence-electron chi connectivity index (χ2n) is 16.7. The molecule has 2 atom stereocenters. The van der Waals surface area contributed by atoms with Gasteiger partial charge in [0, 0.05) is 0 Å². The van der Waals surface area contributed by atoms with E-state index in [-0.39, 0.29) is 50.6 Å². The van der Waals surface area contributed by atoms with Crippen LogP contribution in [0.2, 0.25) is 0 Å². The molecule has 259 valence electrons. The minimum atomic E-state index is -4.39. The predicted octanol–water partition coefficient (Wildman–Crippen LogP) is 5.97. The molecule has 0 heterocycles. The molecule has 0 N–H and O–H groups in total. The van der Waals surface area contributed by atoms with E-state index < -0.39 is 31.5 Å². The summed E-state index contributed by atoms with van der Waals surface area (Å²) in [5.74, 6) is 0.226. The zero-order chi connectivity index (χ0) is 34.2. The van der Waals surface area contributed by atoms with E-state index in [0.29, 0.717) is 0 Å². The molecule has 0 amide bonds. The van der Waals surface area contributed by atoms with Gasteiger partial charge in [0.1, 0.15) is 0 Å². The second-order valence-corrected chi connectivity index (χ2v) is 25.6. The molecule has 0 spiro atoms. The Morgan fingerprint density at radius 3 is 1.44 bits per heavy atom. The van der Waals surface area contributed by atoms with Gasteiger partial charge in [0.2, 0.25) is 0 Å². The van der Waals surface area contributed by atoms with Crippen LogP contribution >= 0.6 is 0 Å². The van der Waals surface area contributed by atoms with Gasteiger partial charge < -0.3 is 24.8 Å². The SMILES string of the molecule is [CH2]=[Zr+2]([C]1=C(CC)C(C(C)(C)C)=CC1CC)([c]1ccc(C(F)(F)F)cc1)[CH]1c2cc(C(C)(C)C)ccc2-c2ccc(C(C)(C)C)cc21.[Cl-].[Cl-]. The molecule has 0 saturated carbocycles. The van der Waals surface area contributed by atoms with E-state index in [9.17, 15) is 13.2 Å². The molecule has 0 bridgehead atoms. The monoisotopic (exact) mass is 773 g/mol. The molecular weight excluding hydrogens is 724 g/mol. The van der Waals surface area contributed by atoms with E-state index in [1.165, 1.54) is 59.9 Å². The number of hydrogen-bond donors (Lipinski definition) is 0. The third kappa shape index (κ3) is 7.07. The molecular formula is C42H52Cl2F3Zr. The first-order valence-electron chi connectivity index (χ1n) is 16.9. The van der Waals surface area contributed by atoms with Crippen molar-refractivity contribution in [2.75, 3.05) is 0 Å². The van der Waals surface area contributed by atoms with Crippen molar-refractivity contribution in [2.24, 2.45) is 11.3 Å². The van der Waals surface area contributed by atoms with Crippen molar-refractivity contribution < 1.29 is 57.8 Å². The van der Waals surface area contributed by atoms with Crippen molar-refractivity contribution in [3.8, 4) is 11.1 Å². The van der Waals surface area contributed by atoms with Crippen LogP contribution in [-0.4, -0.2) is 4.21 Å². The summed E-state index contributed by atoms with van der Waals surface area (Å²) in [4.78, 5) is 0. The summed E-state index contributed by atoms with van der Waals surface area (Å²) < 4.78 is 49.7. The Kier molecular flexibility index (Phi) is 11.7. The fraction of sp³-hybridized carbons (Fsp3) is 0.452. The Morgan fingerprint density at radius 1 is 0.646 bits per heavy atom. The molecule has 2 aliphatic rings. The third-order valence-electron chi connectivity index (χ3n) is 10.4. The molecule has 0 nitrogen and oxygen atoms in total. The van der Waals surface area contributed by atoms with E-state index >= 15 is 0 Å². The summed E-state index contributed by atoms with van der Waals surface area (Å²) in [6.45, 7) is 24.9. The van der Waals surface area contributed by atoms with Crippen LogP contribution in [0.15, 0.2) is 81.2 Å². The van der Waals surface area contributed by atoms with Crippen LogP contribution < -0.4 is 28.1 Å². The number of allylic oxidation sites excluding steroid dienone is 4. The van der Waals surface area contributed by atoms with Crippen LogP contribution in [0.5, 0.6) is 0 Å². The van der Waals surface area contributed by atoms with Crippen molar-refractivity contribution in [1.82, 2.24) is 0 Å². The molecule has 5 rings (SSSR count). The first kappa shape index (κ1) is 40.7. The van der Waals surface area contributed by atoms with Gasteiger partial charge in [-0.15, -0.1) is 0 Å². The number of rotatable bonds is 5. The summed E-state index contributed by atoms with van der Waals surface area (Å²) in [6.07, 6.45) is -0.0607. The van der Waals surface area contributed by atoms with Crippen LogP contribution in [-0.2, 0) is 36.8 Å². The quantitative estimate of drug-likeness (QED) is 0.300. The second kappa shape index (κ2) is 13.8. The third-order valence-corrected chi connectivity index (χ3v) is 21.8. The summed E-state index contributed by atoms with van der Waals surface area (Å²) >= 11 is -4.23. The average Bonchev–Trinajstić information content (AvgIpc) is 3.51. The molecule has 6 heteroatoms. The van der Waals surface area contributed by atoms with Crippen LogP contribution in [0.3, 0.4) is 0 Å². The summed E-state index contributed by atoms with van der Waals surface area (Å²) in [5, 5.41) is 0. The van der Waals surface area contributed by atoms with E-state index in [2.05, 4.69) is 119 Å². The van der Waals surface area contributed by atoms with E-state index in [0.717, 1.165) is 16.1 Å². The Hall–Kier alpha value is -1.74. The predicted molar refractivity (Wildman–Crippen MR) is 188 cm³/mol. The van der Waals surface area contributed by atoms with Crippen molar-refractivity contribution in [1.29, 1.82) is 0 Å². The maximum Gasteiger partial charge on any atom is -1.00 e. The van der Waals surface area contributed by atoms with Gasteiger partial charge in [0.15, 0.2) is 0 Å². The molecule has 0 aliphatic heterocycles. The number of fused-ring (bicyclic) bond motifs is 3. The summed E-state index contributed by atoms with van der Waals surface area (Å²) in [7, 11) is 0. The van der Waals surface area contributed by atoms with Gasteiger partial charge in [-0.1, -0.05) is 0 Å². The molecule has 0 saturated heterocycles. The van der Waals surface area contributed by atoms with Gasteiger partial charge in [-0.25, -0.2) is 0 Å². The molecule has 3 aromatic carbocycles. The topological polar surface area (TPSA) is 0 Å². The van der Waals surface area contributed by atoms with Crippen molar-refractivity contribution in [2.45, 2.75) is 110 Å². The number of benzene rings is 3. The first-order valence-corrected chi connectivity index (χ1v) is 22.5.